The fourth-order valence-electron chi connectivity index (χ4n) is 2.48. The molecule has 2 aromatic carbocycles. The molecule has 0 radical (unpaired) electrons. The number of terminal acetylenes is 1. The third-order valence-electron chi connectivity index (χ3n) is 3.64. The number of benzene rings is 2. The predicted octanol–water partition coefficient (Wildman–Crippen LogP) is 3.02. The number of nitro benzene ring substituents is 2. The number of non-ortho nitro benzene ring substituents is 2. The van der Waals surface area contributed by atoms with Crippen molar-refractivity contribution in [2.45, 2.75) is 18.4 Å². The molecule has 0 aliphatic carbocycles. The maximum Gasteiger partial charge on any atom is 0.269 e. The number of aliphatic hydroxyl groups is 1. The van der Waals surface area contributed by atoms with Gasteiger partial charge in [0.1, 0.15) is 0 Å². The topological polar surface area (TPSA) is 107 Å². The minimum Gasteiger partial charge on any atom is -0.391 e. The Labute approximate surface area is 137 Å². The second kappa shape index (κ2) is 7.35. The number of rotatable bonds is 6. The first-order chi connectivity index (χ1) is 11.4. The van der Waals surface area contributed by atoms with Crippen molar-refractivity contribution in [3.8, 4) is 12.3 Å². The molecule has 1 N–H and O–H groups in total. The van der Waals surface area contributed by atoms with Crippen molar-refractivity contribution >= 4 is 11.4 Å². The summed E-state index contributed by atoms with van der Waals surface area (Å²) in [7, 11) is 0. The highest BCUT2D eigenvalue weighted by Crippen LogP contribution is 2.31. The van der Waals surface area contributed by atoms with E-state index in [-0.39, 0.29) is 17.8 Å². The first-order valence-corrected chi connectivity index (χ1v) is 7.04. The SMILES string of the molecule is C#CCC(O)C(c1ccc([N+](=O)[O-])cc1)c1ccc([N+](=O)[O-])cc1. The Kier molecular flexibility index (Phi) is 5.24. The van der Waals surface area contributed by atoms with Crippen LogP contribution in [0.15, 0.2) is 48.5 Å². The molecule has 2 rings (SSSR count). The molecular formula is C17H14N2O5. The normalized spacial score (nSPS) is 11.7. The van der Waals surface area contributed by atoms with Gasteiger partial charge in [-0.05, 0) is 11.1 Å². The molecule has 0 heterocycles. The van der Waals surface area contributed by atoms with Crippen LogP contribution >= 0.6 is 0 Å². The summed E-state index contributed by atoms with van der Waals surface area (Å²) in [6.07, 6.45) is 4.43. The quantitative estimate of drug-likeness (QED) is 0.499. The van der Waals surface area contributed by atoms with E-state index in [4.69, 9.17) is 6.42 Å². The van der Waals surface area contributed by atoms with Crippen LogP contribution in [0.5, 0.6) is 0 Å². The van der Waals surface area contributed by atoms with Crippen LogP contribution in [0, 0.1) is 32.6 Å². The van der Waals surface area contributed by atoms with Crippen molar-refractivity contribution in [3.05, 3.63) is 79.9 Å². The van der Waals surface area contributed by atoms with Gasteiger partial charge in [-0.3, -0.25) is 20.2 Å². The average Bonchev–Trinajstić information content (AvgIpc) is 2.56. The first-order valence-electron chi connectivity index (χ1n) is 7.04. The second-order valence-electron chi connectivity index (χ2n) is 5.15. The van der Waals surface area contributed by atoms with Crippen molar-refractivity contribution in [2.75, 3.05) is 0 Å². The van der Waals surface area contributed by atoms with Crippen molar-refractivity contribution in [1.82, 2.24) is 0 Å². The third kappa shape index (κ3) is 3.74. The summed E-state index contributed by atoms with van der Waals surface area (Å²) >= 11 is 0. The summed E-state index contributed by atoms with van der Waals surface area (Å²) in [5.41, 5.74) is 1.15. The molecule has 0 amide bonds. The number of nitro groups is 2. The number of hydrogen-bond donors (Lipinski definition) is 1. The molecule has 1 unspecified atom stereocenters. The summed E-state index contributed by atoms with van der Waals surface area (Å²) in [5.74, 6) is 1.84. The Morgan fingerprint density at radius 1 is 0.917 bits per heavy atom. The van der Waals surface area contributed by atoms with Crippen LogP contribution in [0.4, 0.5) is 11.4 Å². The predicted molar refractivity (Wildman–Crippen MR) is 87.5 cm³/mol. The molecular weight excluding hydrogens is 312 g/mol. The minimum absolute atomic E-state index is 0.0624. The van der Waals surface area contributed by atoms with Gasteiger partial charge in [0.2, 0.25) is 0 Å². The van der Waals surface area contributed by atoms with Gasteiger partial charge >= 0.3 is 0 Å². The van der Waals surface area contributed by atoms with Crippen LogP contribution in [0.1, 0.15) is 23.5 Å². The van der Waals surface area contributed by atoms with Crippen LogP contribution < -0.4 is 0 Å². The van der Waals surface area contributed by atoms with E-state index in [1.807, 2.05) is 0 Å². The maximum atomic E-state index is 10.8. The lowest BCUT2D eigenvalue weighted by molar-refractivity contribution is -0.385. The highest BCUT2D eigenvalue weighted by atomic mass is 16.6. The molecule has 0 aliphatic heterocycles. The van der Waals surface area contributed by atoms with Crippen LogP contribution in [-0.2, 0) is 0 Å². The molecule has 0 bridgehead atoms. The monoisotopic (exact) mass is 326 g/mol. The van der Waals surface area contributed by atoms with Gasteiger partial charge in [-0.25, -0.2) is 0 Å². The Morgan fingerprint density at radius 2 is 1.29 bits per heavy atom. The maximum absolute atomic E-state index is 10.8. The largest absolute Gasteiger partial charge is 0.391 e. The summed E-state index contributed by atoms with van der Waals surface area (Å²) in [6.45, 7) is 0. The number of hydrogen-bond acceptors (Lipinski definition) is 5. The molecule has 0 fully saturated rings. The first kappa shape index (κ1) is 17.1. The van der Waals surface area contributed by atoms with Gasteiger partial charge in [-0.15, -0.1) is 12.3 Å². The van der Waals surface area contributed by atoms with Gasteiger partial charge in [0.15, 0.2) is 0 Å². The van der Waals surface area contributed by atoms with Gasteiger partial charge < -0.3 is 5.11 Å². The minimum atomic E-state index is -0.919. The molecule has 0 aromatic heterocycles. The van der Waals surface area contributed by atoms with Gasteiger partial charge in [-0.1, -0.05) is 24.3 Å². The van der Waals surface area contributed by atoms with Gasteiger partial charge in [-0.2, -0.15) is 0 Å². The van der Waals surface area contributed by atoms with Crippen molar-refractivity contribution in [2.24, 2.45) is 0 Å². The lowest BCUT2D eigenvalue weighted by Gasteiger charge is -2.22. The van der Waals surface area contributed by atoms with E-state index in [0.29, 0.717) is 11.1 Å². The van der Waals surface area contributed by atoms with Crippen LogP contribution in [0.3, 0.4) is 0 Å². The Bertz CT molecular complexity index is 721. The van der Waals surface area contributed by atoms with E-state index in [1.54, 1.807) is 24.3 Å². The number of nitrogens with zero attached hydrogens (tertiary/aromatic N) is 2. The van der Waals surface area contributed by atoms with Gasteiger partial charge in [0.25, 0.3) is 11.4 Å². The van der Waals surface area contributed by atoms with Crippen molar-refractivity contribution in [3.63, 3.8) is 0 Å². The van der Waals surface area contributed by atoms with Gasteiger partial charge in [0.05, 0.1) is 16.0 Å². The lowest BCUT2D eigenvalue weighted by atomic mass is 9.85. The zero-order chi connectivity index (χ0) is 17.7. The Hall–Kier alpha value is -3.24. The van der Waals surface area contributed by atoms with Crippen LogP contribution in [-0.4, -0.2) is 21.1 Å². The smallest absolute Gasteiger partial charge is 0.269 e. The van der Waals surface area contributed by atoms with E-state index >= 15 is 0 Å². The fraction of sp³-hybridized carbons (Fsp3) is 0.176. The molecule has 24 heavy (non-hydrogen) atoms. The fourth-order valence-corrected chi connectivity index (χ4v) is 2.48. The standard InChI is InChI=1S/C17H14N2O5/c1-2-3-16(20)17(12-4-8-14(9-5-12)18(21)22)13-6-10-15(11-7-13)19(23)24/h1,4-11,16-17,20H,3H2. The molecule has 0 saturated carbocycles. The average molecular weight is 326 g/mol. The molecule has 0 aliphatic rings. The zero-order valence-corrected chi connectivity index (χ0v) is 12.5. The van der Waals surface area contributed by atoms with Gasteiger partial charge in [0, 0.05) is 36.6 Å². The zero-order valence-electron chi connectivity index (χ0n) is 12.5. The number of aliphatic hydroxyl groups excluding tert-OH is 1. The highest BCUT2D eigenvalue weighted by molar-refractivity contribution is 5.42. The molecule has 2 aromatic rings. The van der Waals surface area contributed by atoms with E-state index in [1.165, 1.54) is 24.3 Å². The Morgan fingerprint density at radius 3 is 1.58 bits per heavy atom. The van der Waals surface area contributed by atoms with E-state index in [0.717, 1.165) is 0 Å². The van der Waals surface area contributed by atoms with Crippen LogP contribution in [0.2, 0.25) is 0 Å². The molecule has 7 nitrogen and oxygen atoms in total. The van der Waals surface area contributed by atoms with Crippen molar-refractivity contribution in [1.29, 1.82) is 0 Å². The molecule has 1 atom stereocenters. The van der Waals surface area contributed by atoms with Crippen molar-refractivity contribution < 1.29 is 15.0 Å². The second-order valence-corrected chi connectivity index (χ2v) is 5.15. The molecule has 7 heteroatoms. The van der Waals surface area contributed by atoms with E-state index in [9.17, 15) is 25.3 Å². The molecule has 122 valence electrons. The summed E-state index contributed by atoms with van der Waals surface area (Å²) < 4.78 is 0. The van der Waals surface area contributed by atoms with Crippen LogP contribution in [0.25, 0.3) is 0 Å². The van der Waals surface area contributed by atoms with E-state index in [2.05, 4.69) is 5.92 Å². The summed E-state index contributed by atoms with van der Waals surface area (Å²) in [4.78, 5) is 20.5. The molecule has 0 spiro atoms. The molecule has 0 saturated heterocycles. The summed E-state index contributed by atoms with van der Waals surface area (Å²) in [6, 6.07) is 11.6. The summed E-state index contributed by atoms with van der Waals surface area (Å²) in [5, 5.41) is 31.9. The highest BCUT2D eigenvalue weighted by Gasteiger charge is 2.24. The Balaban J connectivity index is 2.42. The third-order valence-corrected chi connectivity index (χ3v) is 3.64. The van der Waals surface area contributed by atoms with E-state index < -0.39 is 21.9 Å². The lowest BCUT2D eigenvalue weighted by Crippen LogP contribution is -2.19.